The number of para-hydroxylation sites is 1. The normalized spacial score (nSPS) is 10.8. The molecule has 8 heteroatoms. The number of anilines is 1. The van der Waals surface area contributed by atoms with Gasteiger partial charge in [-0.05, 0) is 49.4 Å². The maximum Gasteiger partial charge on any atom is 0.339 e. The van der Waals surface area contributed by atoms with Crippen molar-refractivity contribution in [2.45, 2.75) is 6.92 Å². The van der Waals surface area contributed by atoms with E-state index in [9.17, 15) is 9.59 Å². The average Bonchev–Trinajstić information content (AvgIpc) is 3.17. The molecule has 0 fully saturated rings. The van der Waals surface area contributed by atoms with Crippen LogP contribution in [0, 0.1) is 0 Å². The first-order valence-corrected chi connectivity index (χ1v) is 9.12. The summed E-state index contributed by atoms with van der Waals surface area (Å²) >= 11 is 6.08. The van der Waals surface area contributed by atoms with Crippen molar-refractivity contribution < 1.29 is 18.7 Å². The van der Waals surface area contributed by atoms with Gasteiger partial charge >= 0.3 is 5.97 Å². The van der Waals surface area contributed by atoms with Crippen molar-refractivity contribution in [1.82, 2.24) is 5.43 Å². The van der Waals surface area contributed by atoms with Crippen molar-refractivity contribution >= 4 is 35.4 Å². The zero-order valence-corrected chi connectivity index (χ0v) is 16.3. The molecule has 148 valence electrons. The summed E-state index contributed by atoms with van der Waals surface area (Å²) in [4.78, 5) is 24.1. The predicted molar refractivity (Wildman–Crippen MR) is 111 cm³/mol. The van der Waals surface area contributed by atoms with Crippen LogP contribution in [0.25, 0.3) is 11.3 Å². The van der Waals surface area contributed by atoms with E-state index in [1.807, 2.05) is 0 Å². The Kier molecular flexibility index (Phi) is 6.31. The number of nitrogen functional groups attached to an aromatic ring is 1. The lowest BCUT2D eigenvalue weighted by molar-refractivity contribution is 0.0526. The van der Waals surface area contributed by atoms with Crippen molar-refractivity contribution in [3.05, 3.63) is 76.5 Å². The zero-order valence-electron chi connectivity index (χ0n) is 15.5. The first-order chi connectivity index (χ1) is 14.0. The molecule has 2 aromatic carbocycles. The Bertz CT molecular complexity index is 1080. The van der Waals surface area contributed by atoms with Crippen molar-refractivity contribution in [1.29, 1.82) is 0 Å². The van der Waals surface area contributed by atoms with E-state index in [0.29, 0.717) is 33.4 Å². The number of halogens is 1. The van der Waals surface area contributed by atoms with Crippen molar-refractivity contribution in [2.24, 2.45) is 5.10 Å². The van der Waals surface area contributed by atoms with Crippen LogP contribution in [0.15, 0.2) is 64.1 Å². The quantitative estimate of drug-likeness (QED) is 0.274. The molecular weight excluding hydrogens is 394 g/mol. The molecule has 3 rings (SSSR count). The number of hydrogen-bond acceptors (Lipinski definition) is 6. The van der Waals surface area contributed by atoms with E-state index in [0.717, 1.165) is 0 Å². The second-order valence-corrected chi connectivity index (χ2v) is 6.31. The maximum atomic E-state index is 12.1. The number of hydrazone groups is 1. The molecule has 7 nitrogen and oxygen atoms in total. The van der Waals surface area contributed by atoms with Gasteiger partial charge in [0.2, 0.25) is 0 Å². The second kappa shape index (κ2) is 9.07. The minimum Gasteiger partial charge on any atom is -0.462 e. The standard InChI is InChI=1S/C21H18ClN3O4/c1-2-28-21(27)16-11-13(7-9-17(16)22)19-10-8-14(29-19)12-24-25-20(26)15-5-3-4-6-18(15)23/h3-12H,2,23H2,1H3,(H,25,26)/b24-12-. The van der Waals surface area contributed by atoms with Gasteiger partial charge in [-0.2, -0.15) is 5.10 Å². The Labute approximate surface area is 172 Å². The number of ether oxygens (including phenoxy) is 1. The predicted octanol–water partition coefficient (Wildman–Crippen LogP) is 4.12. The highest BCUT2D eigenvalue weighted by Gasteiger charge is 2.14. The molecule has 1 heterocycles. The molecule has 0 saturated heterocycles. The van der Waals surface area contributed by atoms with Crippen LogP contribution < -0.4 is 11.2 Å². The Morgan fingerprint density at radius 3 is 2.72 bits per heavy atom. The lowest BCUT2D eigenvalue weighted by atomic mass is 10.1. The molecule has 0 saturated carbocycles. The number of rotatable bonds is 6. The summed E-state index contributed by atoms with van der Waals surface area (Å²) in [6.07, 6.45) is 1.36. The lowest BCUT2D eigenvalue weighted by Gasteiger charge is -2.05. The van der Waals surface area contributed by atoms with Gasteiger partial charge in [0.25, 0.3) is 5.91 Å². The number of hydrogen-bond donors (Lipinski definition) is 2. The number of carbonyl (C=O) groups is 2. The highest BCUT2D eigenvalue weighted by atomic mass is 35.5. The minimum atomic E-state index is -0.504. The van der Waals surface area contributed by atoms with E-state index in [4.69, 9.17) is 26.5 Å². The van der Waals surface area contributed by atoms with Gasteiger partial charge in [0.05, 0.1) is 29.0 Å². The molecular formula is C21H18ClN3O4. The van der Waals surface area contributed by atoms with Gasteiger partial charge in [0, 0.05) is 11.3 Å². The molecule has 0 atom stereocenters. The Balaban J connectivity index is 1.72. The molecule has 29 heavy (non-hydrogen) atoms. The summed E-state index contributed by atoms with van der Waals surface area (Å²) in [5, 5.41) is 4.18. The third-order valence-electron chi connectivity index (χ3n) is 3.94. The van der Waals surface area contributed by atoms with Crippen LogP contribution in [0.4, 0.5) is 5.69 Å². The van der Waals surface area contributed by atoms with Gasteiger partial charge in [-0.1, -0.05) is 23.7 Å². The first-order valence-electron chi connectivity index (χ1n) is 8.74. The highest BCUT2D eigenvalue weighted by molar-refractivity contribution is 6.33. The molecule has 0 spiro atoms. The number of nitrogens with zero attached hydrogens (tertiary/aromatic N) is 1. The number of furan rings is 1. The van der Waals surface area contributed by atoms with Gasteiger partial charge in [0.15, 0.2) is 0 Å². The Morgan fingerprint density at radius 2 is 1.97 bits per heavy atom. The fraction of sp³-hybridized carbons (Fsp3) is 0.0952. The smallest absolute Gasteiger partial charge is 0.339 e. The van der Waals surface area contributed by atoms with Gasteiger partial charge < -0.3 is 14.9 Å². The first kappa shape index (κ1) is 20.2. The summed E-state index contributed by atoms with van der Waals surface area (Å²) in [7, 11) is 0. The monoisotopic (exact) mass is 411 g/mol. The van der Waals surface area contributed by atoms with E-state index in [2.05, 4.69) is 10.5 Å². The van der Waals surface area contributed by atoms with Gasteiger partial charge in [-0.25, -0.2) is 10.2 Å². The van der Waals surface area contributed by atoms with Gasteiger partial charge in [0.1, 0.15) is 11.5 Å². The van der Waals surface area contributed by atoms with Crippen LogP contribution >= 0.6 is 11.6 Å². The second-order valence-electron chi connectivity index (χ2n) is 5.90. The van der Waals surface area contributed by atoms with Crippen LogP contribution in [0.3, 0.4) is 0 Å². The third kappa shape index (κ3) is 4.83. The summed E-state index contributed by atoms with van der Waals surface area (Å²) in [5.74, 6) is -0.0141. The van der Waals surface area contributed by atoms with E-state index < -0.39 is 11.9 Å². The van der Waals surface area contributed by atoms with Gasteiger partial charge in [-0.15, -0.1) is 0 Å². The molecule has 0 unspecified atom stereocenters. The molecule has 3 N–H and O–H groups in total. The lowest BCUT2D eigenvalue weighted by Crippen LogP contribution is -2.18. The highest BCUT2D eigenvalue weighted by Crippen LogP contribution is 2.27. The fourth-order valence-electron chi connectivity index (χ4n) is 2.54. The Hall–Kier alpha value is -3.58. The molecule has 3 aromatic rings. The van der Waals surface area contributed by atoms with Gasteiger partial charge in [-0.3, -0.25) is 4.79 Å². The number of nitrogens with one attached hydrogen (secondary N) is 1. The number of carbonyl (C=O) groups excluding carboxylic acids is 2. The molecule has 0 aliphatic heterocycles. The van der Waals surface area contributed by atoms with E-state index in [1.165, 1.54) is 6.21 Å². The van der Waals surface area contributed by atoms with Crippen LogP contribution in [-0.2, 0) is 4.74 Å². The summed E-state index contributed by atoms with van der Waals surface area (Å²) < 4.78 is 10.7. The Morgan fingerprint density at radius 1 is 1.17 bits per heavy atom. The van der Waals surface area contributed by atoms with E-state index in [-0.39, 0.29) is 12.2 Å². The van der Waals surface area contributed by atoms with E-state index in [1.54, 1.807) is 61.5 Å². The molecule has 0 radical (unpaired) electrons. The zero-order chi connectivity index (χ0) is 20.8. The average molecular weight is 412 g/mol. The maximum absolute atomic E-state index is 12.1. The topological polar surface area (TPSA) is 107 Å². The van der Waals surface area contributed by atoms with Crippen LogP contribution in [0.1, 0.15) is 33.4 Å². The number of nitrogens with two attached hydrogens (primary N) is 1. The molecule has 1 amide bonds. The minimum absolute atomic E-state index is 0.251. The number of amides is 1. The molecule has 1 aromatic heterocycles. The molecule has 0 aliphatic carbocycles. The summed E-state index contributed by atoms with van der Waals surface area (Å²) in [6.45, 7) is 1.97. The van der Waals surface area contributed by atoms with Crippen molar-refractivity contribution in [3.63, 3.8) is 0 Å². The SMILES string of the molecule is CCOC(=O)c1cc(-c2ccc(/C=N\NC(=O)c3ccccc3N)o2)ccc1Cl. The largest absolute Gasteiger partial charge is 0.462 e. The van der Waals surface area contributed by atoms with Crippen molar-refractivity contribution in [2.75, 3.05) is 12.3 Å². The number of benzene rings is 2. The molecule has 0 bridgehead atoms. The van der Waals surface area contributed by atoms with Crippen LogP contribution in [0.5, 0.6) is 0 Å². The summed E-state index contributed by atoms with van der Waals surface area (Å²) in [6, 6.07) is 15.0. The third-order valence-corrected chi connectivity index (χ3v) is 4.27. The molecule has 0 aliphatic rings. The number of esters is 1. The van der Waals surface area contributed by atoms with Crippen LogP contribution in [0.2, 0.25) is 5.02 Å². The van der Waals surface area contributed by atoms with Crippen molar-refractivity contribution in [3.8, 4) is 11.3 Å². The van der Waals surface area contributed by atoms with E-state index >= 15 is 0 Å². The summed E-state index contributed by atoms with van der Waals surface area (Å²) in [5.41, 5.74) is 9.75. The fourth-order valence-corrected chi connectivity index (χ4v) is 2.73. The van der Waals surface area contributed by atoms with Crippen LogP contribution in [-0.4, -0.2) is 24.7 Å².